The molecule has 2 N–H and O–H groups in total. The van der Waals surface area contributed by atoms with Crippen LogP contribution in [-0.4, -0.2) is 22.2 Å². The molecule has 2 aromatic rings. The molecule has 0 fully saturated rings. The lowest BCUT2D eigenvalue weighted by Crippen LogP contribution is -2.25. The zero-order valence-electron chi connectivity index (χ0n) is 10.7. The summed E-state index contributed by atoms with van der Waals surface area (Å²) in [5.41, 5.74) is 2.55. The molecule has 0 aliphatic carbocycles. The van der Waals surface area contributed by atoms with Crippen molar-refractivity contribution in [2.45, 2.75) is 6.10 Å². The van der Waals surface area contributed by atoms with Gasteiger partial charge in [0.15, 0.2) is 11.9 Å². The predicted octanol–water partition coefficient (Wildman–Crippen LogP) is 1.37. The van der Waals surface area contributed by atoms with Gasteiger partial charge in [0.2, 0.25) is 0 Å². The smallest absolute Gasteiger partial charge is 0.400 e. The zero-order valence-corrected chi connectivity index (χ0v) is 10.7. The van der Waals surface area contributed by atoms with Crippen molar-refractivity contribution in [3.63, 3.8) is 0 Å². The number of nitro groups is 1. The Labute approximate surface area is 118 Å². The third-order valence-electron chi connectivity index (χ3n) is 2.52. The minimum Gasteiger partial charge on any atom is -0.400 e. The molecule has 0 spiro atoms. The maximum atomic E-state index is 11.6. The Bertz CT molecular complexity index is 665. The van der Waals surface area contributed by atoms with E-state index in [1.54, 1.807) is 30.3 Å². The van der Waals surface area contributed by atoms with Gasteiger partial charge in [-0.3, -0.25) is 14.9 Å². The van der Waals surface area contributed by atoms with Gasteiger partial charge >= 0.3 is 5.88 Å². The van der Waals surface area contributed by atoms with E-state index < -0.39 is 22.8 Å². The number of nitrogens with one attached hydrogen (secondary N) is 1. The summed E-state index contributed by atoms with van der Waals surface area (Å²) < 4.78 is 4.81. The highest BCUT2D eigenvalue weighted by Crippen LogP contribution is 2.14. The topological polar surface area (TPSA) is 118 Å². The van der Waals surface area contributed by atoms with Gasteiger partial charge < -0.3 is 9.52 Å². The Balaban J connectivity index is 1.94. The third kappa shape index (κ3) is 3.74. The Morgan fingerprint density at radius 1 is 1.33 bits per heavy atom. The standard InChI is InChI=1S/C13H11N3O5/c17-12(9-4-2-1-3-5-9)13(18)15-14-8-10-6-7-11(21-10)16(19)20/h1-8,12,17H,(H,15,18)/b14-8-/t12-/m0/s1. The molecule has 2 rings (SSSR count). The molecular formula is C13H11N3O5. The van der Waals surface area contributed by atoms with Crippen molar-refractivity contribution in [2.24, 2.45) is 5.10 Å². The maximum absolute atomic E-state index is 11.6. The molecule has 0 radical (unpaired) electrons. The van der Waals surface area contributed by atoms with Crippen LogP contribution >= 0.6 is 0 Å². The summed E-state index contributed by atoms with van der Waals surface area (Å²) in [5, 5.41) is 23.7. The first-order valence-electron chi connectivity index (χ1n) is 5.88. The number of rotatable bonds is 5. The normalized spacial score (nSPS) is 12.2. The van der Waals surface area contributed by atoms with Crippen LogP contribution in [0.25, 0.3) is 0 Å². The SMILES string of the molecule is O=C(N/N=C\c1ccc([N+](=O)[O-])o1)[C@@H](O)c1ccccc1. The number of furan rings is 1. The summed E-state index contributed by atoms with van der Waals surface area (Å²) in [6.45, 7) is 0. The highest BCUT2D eigenvalue weighted by molar-refractivity contribution is 5.84. The molecule has 8 heteroatoms. The van der Waals surface area contributed by atoms with Gasteiger partial charge in [-0.15, -0.1) is 0 Å². The van der Waals surface area contributed by atoms with Crippen molar-refractivity contribution in [3.8, 4) is 0 Å². The maximum Gasteiger partial charge on any atom is 0.433 e. The van der Waals surface area contributed by atoms with Crippen LogP contribution in [0.5, 0.6) is 0 Å². The lowest BCUT2D eigenvalue weighted by atomic mass is 10.1. The zero-order chi connectivity index (χ0) is 15.2. The lowest BCUT2D eigenvalue weighted by Gasteiger charge is -2.08. The van der Waals surface area contributed by atoms with Crippen LogP contribution in [0.4, 0.5) is 5.88 Å². The van der Waals surface area contributed by atoms with E-state index in [2.05, 4.69) is 10.5 Å². The molecule has 1 heterocycles. The number of aliphatic hydroxyl groups is 1. The average Bonchev–Trinajstić information content (AvgIpc) is 2.96. The number of nitrogens with zero attached hydrogens (tertiary/aromatic N) is 2. The number of benzene rings is 1. The molecule has 1 atom stereocenters. The van der Waals surface area contributed by atoms with Crippen LogP contribution in [0, 0.1) is 10.1 Å². The van der Waals surface area contributed by atoms with Crippen molar-refractivity contribution in [3.05, 3.63) is 63.9 Å². The van der Waals surface area contributed by atoms with Gasteiger partial charge in [0, 0.05) is 0 Å². The van der Waals surface area contributed by atoms with E-state index in [1.165, 1.54) is 12.1 Å². The van der Waals surface area contributed by atoms with E-state index in [0.29, 0.717) is 5.56 Å². The lowest BCUT2D eigenvalue weighted by molar-refractivity contribution is -0.402. The minimum absolute atomic E-state index is 0.108. The summed E-state index contributed by atoms with van der Waals surface area (Å²) >= 11 is 0. The Kier molecular flexibility index (Phi) is 4.42. The number of hydrazone groups is 1. The van der Waals surface area contributed by atoms with Crippen LogP contribution < -0.4 is 5.43 Å². The van der Waals surface area contributed by atoms with Crippen LogP contribution in [0.1, 0.15) is 17.4 Å². The van der Waals surface area contributed by atoms with Gasteiger partial charge in [-0.2, -0.15) is 5.10 Å². The summed E-state index contributed by atoms with van der Waals surface area (Å²) in [6.07, 6.45) is -0.253. The van der Waals surface area contributed by atoms with Crippen LogP contribution in [0.15, 0.2) is 52.0 Å². The molecule has 108 valence electrons. The highest BCUT2D eigenvalue weighted by Gasteiger charge is 2.16. The molecule has 21 heavy (non-hydrogen) atoms. The molecule has 8 nitrogen and oxygen atoms in total. The highest BCUT2D eigenvalue weighted by atomic mass is 16.6. The van der Waals surface area contributed by atoms with Gasteiger partial charge in [0.25, 0.3) is 5.91 Å². The number of hydrogen-bond donors (Lipinski definition) is 2. The van der Waals surface area contributed by atoms with Gasteiger partial charge in [-0.25, -0.2) is 5.43 Å². The number of carbonyl (C=O) groups excluding carboxylic acids is 1. The number of aliphatic hydroxyl groups excluding tert-OH is 1. The number of carbonyl (C=O) groups is 1. The van der Waals surface area contributed by atoms with Crippen LogP contribution in [0.2, 0.25) is 0 Å². The minimum atomic E-state index is -1.35. The van der Waals surface area contributed by atoms with E-state index in [9.17, 15) is 20.0 Å². The fourth-order valence-corrected chi connectivity index (χ4v) is 1.52. The summed E-state index contributed by atoms with van der Waals surface area (Å²) in [5.74, 6) is -1.04. The average molecular weight is 289 g/mol. The second-order valence-corrected chi connectivity index (χ2v) is 3.98. The van der Waals surface area contributed by atoms with Crippen LogP contribution in [-0.2, 0) is 4.79 Å². The van der Waals surface area contributed by atoms with E-state index in [4.69, 9.17) is 4.42 Å². The molecule has 1 aromatic carbocycles. The number of amides is 1. The van der Waals surface area contributed by atoms with Gasteiger partial charge in [-0.05, 0) is 11.6 Å². The van der Waals surface area contributed by atoms with Gasteiger partial charge in [0.05, 0.1) is 12.3 Å². The second-order valence-electron chi connectivity index (χ2n) is 3.98. The van der Waals surface area contributed by atoms with E-state index in [-0.39, 0.29) is 5.76 Å². The summed E-state index contributed by atoms with van der Waals surface area (Å²) in [4.78, 5) is 21.4. The van der Waals surface area contributed by atoms with Gasteiger partial charge in [0.1, 0.15) is 4.92 Å². The van der Waals surface area contributed by atoms with Crippen molar-refractivity contribution >= 4 is 18.0 Å². The molecule has 0 aliphatic rings. The predicted molar refractivity (Wildman–Crippen MR) is 72.5 cm³/mol. The molecule has 1 amide bonds. The Hall–Kier alpha value is -3.00. The summed E-state index contributed by atoms with van der Waals surface area (Å²) in [6, 6.07) is 10.8. The van der Waals surface area contributed by atoms with Crippen molar-refractivity contribution in [1.29, 1.82) is 0 Å². The first-order valence-corrected chi connectivity index (χ1v) is 5.88. The third-order valence-corrected chi connectivity index (χ3v) is 2.52. The van der Waals surface area contributed by atoms with Crippen LogP contribution in [0.3, 0.4) is 0 Å². The first kappa shape index (κ1) is 14.4. The fraction of sp³-hybridized carbons (Fsp3) is 0.0769. The number of hydrogen-bond acceptors (Lipinski definition) is 6. The first-order chi connectivity index (χ1) is 10.1. The molecular weight excluding hydrogens is 278 g/mol. The molecule has 0 unspecified atom stereocenters. The second kappa shape index (κ2) is 6.44. The summed E-state index contributed by atoms with van der Waals surface area (Å²) in [7, 11) is 0. The largest absolute Gasteiger partial charge is 0.433 e. The molecule has 0 saturated heterocycles. The Morgan fingerprint density at radius 2 is 2.05 bits per heavy atom. The monoisotopic (exact) mass is 289 g/mol. The van der Waals surface area contributed by atoms with E-state index >= 15 is 0 Å². The Morgan fingerprint density at radius 3 is 2.67 bits per heavy atom. The molecule has 0 saturated carbocycles. The van der Waals surface area contributed by atoms with E-state index in [1.807, 2.05) is 0 Å². The quantitative estimate of drug-likeness (QED) is 0.489. The molecule has 0 bridgehead atoms. The van der Waals surface area contributed by atoms with Crippen molar-refractivity contribution in [1.82, 2.24) is 5.43 Å². The molecule has 1 aromatic heterocycles. The fourth-order valence-electron chi connectivity index (χ4n) is 1.52. The molecule has 0 aliphatic heterocycles. The van der Waals surface area contributed by atoms with Crippen molar-refractivity contribution < 1.29 is 19.2 Å². The van der Waals surface area contributed by atoms with E-state index in [0.717, 1.165) is 6.21 Å². The van der Waals surface area contributed by atoms with Crippen molar-refractivity contribution in [2.75, 3.05) is 0 Å². The van der Waals surface area contributed by atoms with Gasteiger partial charge in [-0.1, -0.05) is 30.3 Å².